The van der Waals surface area contributed by atoms with Crippen LogP contribution in [0.4, 0.5) is 5.69 Å². The zero-order chi connectivity index (χ0) is 15.4. The number of rotatable bonds is 5. The van der Waals surface area contributed by atoms with Gasteiger partial charge >= 0.3 is 0 Å². The number of hydrogen-bond donors (Lipinski definition) is 1. The molecule has 0 saturated carbocycles. The first kappa shape index (κ1) is 15.7. The van der Waals surface area contributed by atoms with Crippen LogP contribution in [0.15, 0.2) is 23.1 Å². The predicted molar refractivity (Wildman–Crippen MR) is 78.2 cm³/mol. The fraction of sp³-hybridized carbons (Fsp3) is 0.643. The summed E-state index contributed by atoms with van der Waals surface area (Å²) in [5.74, 6) is 0.264. The summed E-state index contributed by atoms with van der Waals surface area (Å²) in [6.45, 7) is 4.63. The van der Waals surface area contributed by atoms with Gasteiger partial charge in [0.2, 0.25) is 0 Å². The van der Waals surface area contributed by atoms with Crippen LogP contribution in [0.1, 0.15) is 19.8 Å². The van der Waals surface area contributed by atoms with Crippen molar-refractivity contribution in [2.45, 2.75) is 32.4 Å². The van der Waals surface area contributed by atoms with Crippen molar-refractivity contribution in [2.75, 3.05) is 19.6 Å². The van der Waals surface area contributed by atoms with Crippen molar-refractivity contribution in [1.82, 2.24) is 9.47 Å². The molecule has 0 spiro atoms. The van der Waals surface area contributed by atoms with E-state index in [1.165, 1.54) is 22.9 Å². The molecule has 1 aliphatic rings. The maximum Gasteiger partial charge on any atom is 0.285 e. The fourth-order valence-electron chi connectivity index (χ4n) is 2.74. The lowest BCUT2D eigenvalue weighted by Gasteiger charge is -2.34. The molecular formula is C14H21N3O4. The van der Waals surface area contributed by atoms with E-state index < -0.39 is 4.92 Å². The maximum absolute atomic E-state index is 11.7. The van der Waals surface area contributed by atoms with E-state index in [1.54, 1.807) is 6.92 Å². The second-order valence-corrected chi connectivity index (χ2v) is 5.62. The molecule has 2 atom stereocenters. The van der Waals surface area contributed by atoms with Crippen molar-refractivity contribution < 1.29 is 10.0 Å². The standard InChI is InChI=1S/C14H21N3O4/c1-11(18)12-3-2-6-15(9-12)7-8-16-10-13(17(20)21)4-5-14(16)19/h4-5,10-12,18H,2-3,6-9H2,1H3. The van der Waals surface area contributed by atoms with Gasteiger partial charge in [0.05, 0.1) is 17.2 Å². The van der Waals surface area contributed by atoms with Crippen molar-refractivity contribution in [3.05, 3.63) is 38.8 Å². The summed E-state index contributed by atoms with van der Waals surface area (Å²) in [5, 5.41) is 20.4. The quantitative estimate of drug-likeness (QED) is 0.642. The molecular weight excluding hydrogens is 274 g/mol. The largest absolute Gasteiger partial charge is 0.393 e. The summed E-state index contributed by atoms with van der Waals surface area (Å²) in [4.78, 5) is 24.2. The van der Waals surface area contributed by atoms with Gasteiger partial charge in [0, 0.05) is 31.8 Å². The molecule has 2 rings (SSSR count). The summed E-state index contributed by atoms with van der Waals surface area (Å²) in [6.07, 6.45) is 3.01. The van der Waals surface area contributed by atoms with Gasteiger partial charge < -0.3 is 14.6 Å². The van der Waals surface area contributed by atoms with E-state index in [-0.39, 0.29) is 23.3 Å². The van der Waals surface area contributed by atoms with Gasteiger partial charge in [-0.1, -0.05) is 0 Å². The number of likely N-dealkylation sites (tertiary alicyclic amines) is 1. The average Bonchev–Trinajstić information content (AvgIpc) is 2.46. The molecule has 2 unspecified atom stereocenters. The minimum absolute atomic E-state index is 0.0740. The predicted octanol–water partition coefficient (Wildman–Crippen LogP) is 0.849. The van der Waals surface area contributed by atoms with Gasteiger partial charge in [-0.3, -0.25) is 14.9 Å². The molecule has 0 aliphatic carbocycles. The fourth-order valence-corrected chi connectivity index (χ4v) is 2.74. The highest BCUT2D eigenvalue weighted by atomic mass is 16.6. The number of aliphatic hydroxyl groups excluding tert-OH is 1. The van der Waals surface area contributed by atoms with E-state index >= 15 is 0 Å². The van der Waals surface area contributed by atoms with Crippen molar-refractivity contribution in [1.29, 1.82) is 0 Å². The van der Waals surface area contributed by atoms with Crippen LogP contribution in [-0.4, -0.2) is 45.2 Å². The first-order valence-corrected chi connectivity index (χ1v) is 7.22. The third kappa shape index (κ3) is 4.12. The van der Waals surface area contributed by atoms with Crippen LogP contribution in [-0.2, 0) is 6.54 Å². The molecule has 2 heterocycles. The Morgan fingerprint density at radius 1 is 1.48 bits per heavy atom. The lowest BCUT2D eigenvalue weighted by atomic mass is 9.93. The molecule has 1 aromatic rings. The smallest absolute Gasteiger partial charge is 0.285 e. The Morgan fingerprint density at radius 2 is 2.24 bits per heavy atom. The molecule has 7 heteroatoms. The van der Waals surface area contributed by atoms with Crippen LogP contribution in [0, 0.1) is 16.0 Å². The molecule has 1 saturated heterocycles. The van der Waals surface area contributed by atoms with Crippen LogP contribution in [0.5, 0.6) is 0 Å². The second kappa shape index (κ2) is 6.82. The highest BCUT2D eigenvalue weighted by Gasteiger charge is 2.23. The summed E-state index contributed by atoms with van der Waals surface area (Å²) in [7, 11) is 0. The molecule has 1 aliphatic heterocycles. The van der Waals surface area contributed by atoms with Crippen LogP contribution >= 0.6 is 0 Å². The van der Waals surface area contributed by atoms with E-state index in [4.69, 9.17) is 0 Å². The Bertz CT molecular complexity index is 555. The summed E-state index contributed by atoms with van der Waals surface area (Å²) in [5.41, 5.74) is -0.306. The van der Waals surface area contributed by atoms with Gasteiger partial charge in [0.25, 0.3) is 11.2 Å². The lowest BCUT2D eigenvalue weighted by molar-refractivity contribution is -0.385. The van der Waals surface area contributed by atoms with E-state index in [1.807, 2.05) is 0 Å². The summed E-state index contributed by atoms with van der Waals surface area (Å²) < 4.78 is 1.38. The topological polar surface area (TPSA) is 88.6 Å². The van der Waals surface area contributed by atoms with Gasteiger partial charge in [-0.15, -0.1) is 0 Å². The van der Waals surface area contributed by atoms with Gasteiger partial charge in [-0.05, 0) is 32.2 Å². The third-order valence-electron chi connectivity index (χ3n) is 4.06. The second-order valence-electron chi connectivity index (χ2n) is 5.62. The summed E-state index contributed by atoms with van der Waals surface area (Å²) in [6, 6.07) is 2.45. The highest BCUT2D eigenvalue weighted by Crippen LogP contribution is 2.19. The zero-order valence-corrected chi connectivity index (χ0v) is 12.1. The number of pyridine rings is 1. The Hall–Kier alpha value is -1.73. The van der Waals surface area contributed by atoms with E-state index in [9.17, 15) is 20.0 Å². The Labute approximate surface area is 123 Å². The van der Waals surface area contributed by atoms with Crippen molar-refractivity contribution in [3.8, 4) is 0 Å². The minimum atomic E-state index is -0.500. The lowest BCUT2D eigenvalue weighted by Crippen LogP contribution is -2.41. The van der Waals surface area contributed by atoms with E-state index in [0.29, 0.717) is 13.1 Å². The number of aromatic nitrogens is 1. The number of hydrogen-bond acceptors (Lipinski definition) is 5. The number of piperidine rings is 1. The maximum atomic E-state index is 11.7. The molecule has 0 aromatic carbocycles. The number of aliphatic hydroxyl groups is 1. The molecule has 1 fully saturated rings. The monoisotopic (exact) mass is 295 g/mol. The molecule has 1 aromatic heterocycles. The van der Waals surface area contributed by atoms with E-state index in [0.717, 1.165) is 25.9 Å². The third-order valence-corrected chi connectivity index (χ3v) is 4.06. The number of nitrogens with zero attached hydrogens (tertiary/aromatic N) is 3. The molecule has 21 heavy (non-hydrogen) atoms. The van der Waals surface area contributed by atoms with Gasteiger partial charge in [0.1, 0.15) is 0 Å². The van der Waals surface area contributed by atoms with Crippen LogP contribution in [0.25, 0.3) is 0 Å². The summed E-state index contributed by atoms with van der Waals surface area (Å²) >= 11 is 0. The molecule has 7 nitrogen and oxygen atoms in total. The molecule has 116 valence electrons. The van der Waals surface area contributed by atoms with Gasteiger partial charge in [-0.2, -0.15) is 0 Å². The zero-order valence-electron chi connectivity index (χ0n) is 12.1. The Balaban J connectivity index is 1.98. The van der Waals surface area contributed by atoms with Crippen molar-refractivity contribution >= 4 is 5.69 Å². The van der Waals surface area contributed by atoms with Crippen LogP contribution in [0.3, 0.4) is 0 Å². The van der Waals surface area contributed by atoms with Gasteiger partial charge in [-0.25, -0.2) is 0 Å². The average molecular weight is 295 g/mol. The highest BCUT2D eigenvalue weighted by molar-refractivity contribution is 5.24. The van der Waals surface area contributed by atoms with Gasteiger partial charge in [0.15, 0.2) is 0 Å². The first-order valence-electron chi connectivity index (χ1n) is 7.22. The van der Waals surface area contributed by atoms with Crippen LogP contribution in [0.2, 0.25) is 0 Å². The number of nitro groups is 1. The van der Waals surface area contributed by atoms with Crippen molar-refractivity contribution in [2.24, 2.45) is 5.92 Å². The van der Waals surface area contributed by atoms with E-state index in [2.05, 4.69) is 4.90 Å². The molecule has 1 N–H and O–H groups in total. The Kier molecular flexibility index (Phi) is 5.08. The minimum Gasteiger partial charge on any atom is -0.393 e. The molecule has 0 radical (unpaired) electrons. The SMILES string of the molecule is CC(O)C1CCCN(CCn2cc([N+](=O)[O-])ccc2=O)C1. The van der Waals surface area contributed by atoms with Crippen molar-refractivity contribution in [3.63, 3.8) is 0 Å². The molecule has 0 bridgehead atoms. The normalized spacial score (nSPS) is 21.1. The Morgan fingerprint density at radius 3 is 2.90 bits per heavy atom. The van der Waals surface area contributed by atoms with Crippen LogP contribution < -0.4 is 5.56 Å². The molecule has 0 amide bonds. The first-order chi connectivity index (χ1) is 9.97.